The Balaban J connectivity index is 2.44. The van der Waals surface area contributed by atoms with Crippen LogP contribution in [0.3, 0.4) is 0 Å². The Labute approximate surface area is 114 Å². The van der Waals surface area contributed by atoms with Gasteiger partial charge in [0.2, 0.25) is 0 Å². The van der Waals surface area contributed by atoms with Gasteiger partial charge in [-0.3, -0.25) is 0 Å². The number of nitriles is 1. The summed E-state index contributed by atoms with van der Waals surface area (Å²) >= 11 is 0. The Morgan fingerprint density at radius 1 is 0.947 bits per heavy atom. The lowest BCUT2D eigenvalue weighted by Gasteiger charge is -2.22. The molecular formula is C17H18N2. The van der Waals surface area contributed by atoms with Gasteiger partial charge in [-0.2, -0.15) is 5.26 Å². The molecule has 0 aliphatic rings. The molecular weight excluding hydrogens is 232 g/mol. The van der Waals surface area contributed by atoms with Crippen LogP contribution in [0.25, 0.3) is 0 Å². The van der Waals surface area contributed by atoms with E-state index in [0.29, 0.717) is 5.56 Å². The van der Waals surface area contributed by atoms with Crippen LogP contribution in [0.5, 0.6) is 0 Å². The number of aryl methyl sites for hydroxylation is 3. The highest BCUT2D eigenvalue weighted by Gasteiger charge is 2.08. The van der Waals surface area contributed by atoms with Gasteiger partial charge in [0, 0.05) is 18.4 Å². The lowest BCUT2D eigenvalue weighted by Crippen LogP contribution is -2.11. The summed E-state index contributed by atoms with van der Waals surface area (Å²) < 4.78 is 0. The number of rotatable bonds is 2. The summed E-state index contributed by atoms with van der Waals surface area (Å²) in [6, 6.07) is 14.5. The molecule has 0 heterocycles. The largest absolute Gasteiger partial charge is 0.344 e. The van der Waals surface area contributed by atoms with E-state index < -0.39 is 0 Å². The molecule has 2 rings (SSSR count). The molecule has 2 aromatic rings. The van der Waals surface area contributed by atoms with Crippen LogP contribution in [0, 0.1) is 32.1 Å². The molecule has 0 fully saturated rings. The fraction of sp³-hybridized carbons (Fsp3) is 0.235. The van der Waals surface area contributed by atoms with Gasteiger partial charge in [0.15, 0.2) is 0 Å². The molecule has 2 aromatic carbocycles. The van der Waals surface area contributed by atoms with E-state index in [1.807, 2.05) is 25.1 Å². The number of anilines is 2. The van der Waals surface area contributed by atoms with E-state index in [0.717, 1.165) is 11.3 Å². The predicted octanol–water partition coefficient (Wildman–Crippen LogP) is 4.25. The zero-order valence-corrected chi connectivity index (χ0v) is 11.9. The zero-order valence-electron chi connectivity index (χ0n) is 11.9. The third-order valence-electron chi connectivity index (χ3n) is 3.28. The van der Waals surface area contributed by atoms with E-state index in [9.17, 15) is 0 Å². The molecule has 0 radical (unpaired) electrons. The van der Waals surface area contributed by atoms with Crippen molar-refractivity contribution in [2.24, 2.45) is 0 Å². The van der Waals surface area contributed by atoms with E-state index in [-0.39, 0.29) is 0 Å². The third-order valence-corrected chi connectivity index (χ3v) is 3.28. The van der Waals surface area contributed by atoms with Crippen molar-refractivity contribution in [1.29, 1.82) is 5.26 Å². The minimum Gasteiger partial charge on any atom is -0.344 e. The van der Waals surface area contributed by atoms with Crippen LogP contribution >= 0.6 is 0 Å². The normalized spacial score (nSPS) is 10.1. The van der Waals surface area contributed by atoms with E-state index in [1.54, 1.807) is 0 Å². The van der Waals surface area contributed by atoms with Gasteiger partial charge >= 0.3 is 0 Å². The summed E-state index contributed by atoms with van der Waals surface area (Å²) in [6.45, 7) is 6.25. The first-order valence-corrected chi connectivity index (χ1v) is 6.34. The number of nitrogens with zero attached hydrogens (tertiary/aromatic N) is 2. The lowest BCUT2D eigenvalue weighted by molar-refractivity contribution is 1.17. The van der Waals surface area contributed by atoms with Crippen LogP contribution in [0.4, 0.5) is 11.4 Å². The predicted molar refractivity (Wildman–Crippen MR) is 79.9 cm³/mol. The highest BCUT2D eigenvalue weighted by Crippen LogP contribution is 2.28. The molecule has 0 unspecified atom stereocenters. The van der Waals surface area contributed by atoms with Gasteiger partial charge < -0.3 is 4.90 Å². The number of hydrogen-bond donors (Lipinski definition) is 0. The summed E-state index contributed by atoms with van der Waals surface area (Å²) in [5.74, 6) is 0. The molecule has 0 aromatic heterocycles. The third kappa shape index (κ3) is 2.77. The first-order valence-electron chi connectivity index (χ1n) is 6.34. The molecule has 0 aliphatic heterocycles. The fourth-order valence-electron chi connectivity index (χ4n) is 2.38. The molecule has 0 saturated carbocycles. The molecule has 0 aliphatic carbocycles. The molecule has 0 atom stereocenters. The second-order valence-corrected chi connectivity index (χ2v) is 5.02. The number of benzene rings is 2. The van der Waals surface area contributed by atoms with Crippen molar-refractivity contribution in [3.05, 3.63) is 58.7 Å². The molecule has 19 heavy (non-hydrogen) atoms. The van der Waals surface area contributed by atoms with E-state index in [2.05, 4.69) is 50.1 Å². The summed E-state index contributed by atoms with van der Waals surface area (Å²) in [4.78, 5) is 2.16. The Morgan fingerprint density at radius 2 is 1.58 bits per heavy atom. The molecule has 0 amide bonds. The maximum atomic E-state index is 8.92. The molecule has 0 bridgehead atoms. The maximum Gasteiger partial charge on any atom is 0.0991 e. The summed E-state index contributed by atoms with van der Waals surface area (Å²) in [5.41, 5.74) is 6.63. The van der Waals surface area contributed by atoms with E-state index in [1.165, 1.54) is 16.8 Å². The van der Waals surface area contributed by atoms with Gasteiger partial charge in [-0.1, -0.05) is 6.07 Å². The first-order chi connectivity index (χ1) is 9.01. The molecule has 2 nitrogen and oxygen atoms in total. The van der Waals surface area contributed by atoms with Crippen molar-refractivity contribution in [2.75, 3.05) is 11.9 Å². The van der Waals surface area contributed by atoms with Gasteiger partial charge in [-0.15, -0.1) is 0 Å². The molecule has 0 saturated heterocycles. The molecule has 0 N–H and O–H groups in total. The molecule has 96 valence electrons. The van der Waals surface area contributed by atoms with Crippen molar-refractivity contribution < 1.29 is 0 Å². The quantitative estimate of drug-likeness (QED) is 0.796. The standard InChI is InChI=1S/C17H18N2/c1-12-7-13(2)9-16(8-12)19(4)17-6-5-15(11-18)10-14(17)3/h5-10H,1-4H3. The summed E-state index contributed by atoms with van der Waals surface area (Å²) in [7, 11) is 2.06. The van der Waals surface area contributed by atoms with Crippen LogP contribution < -0.4 is 4.90 Å². The van der Waals surface area contributed by atoms with Crippen molar-refractivity contribution in [2.45, 2.75) is 20.8 Å². The fourth-order valence-corrected chi connectivity index (χ4v) is 2.38. The van der Waals surface area contributed by atoms with Crippen LogP contribution in [-0.2, 0) is 0 Å². The minimum atomic E-state index is 0.704. The Hall–Kier alpha value is -2.27. The lowest BCUT2D eigenvalue weighted by atomic mass is 10.1. The van der Waals surface area contributed by atoms with Crippen LogP contribution in [0.1, 0.15) is 22.3 Å². The monoisotopic (exact) mass is 250 g/mol. The average molecular weight is 250 g/mol. The van der Waals surface area contributed by atoms with Crippen LogP contribution in [-0.4, -0.2) is 7.05 Å². The second kappa shape index (κ2) is 5.16. The summed E-state index contributed by atoms with van der Waals surface area (Å²) in [6.07, 6.45) is 0. The van der Waals surface area contributed by atoms with E-state index >= 15 is 0 Å². The highest BCUT2D eigenvalue weighted by molar-refractivity contribution is 5.67. The van der Waals surface area contributed by atoms with Gasteiger partial charge in [-0.05, 0) is 67.8 Å². The smallest absolute Gasteiger partial charge is 0.0991 e. The van der Waals surface area contributed by atoms with Gasteiger partial charge in [-0.25, -0.2) is 0 Å². The Morgan fingerprint density at radius 3 is 2.11 bits per heavy atom. The van der Waals surface area contributed by atoms with Crippen LogP contribution in [0.2, 0.25) is 0 Å². The Bertz CT molecular complexity index is 631. The van der Waals surface area contributed by atoms with E-state index in [4.69, 9.17) is 5.26 Å². The highest BCUT2D eigenvalue weighted by atomic mass is 15.1. The SMILES string of the molecule is Cc1cc(C)cc(N(C)c2ccc(C#N)cc2C)c1. The first kappa shape index (κ1) is 13.2. The van der Waals surface area contributed by atoms with Gasteiger partial charge in [0.1, 0.15) is 0 Å². The average Bonchev–Trinajstić information content (AvgIpc) is 2.36. The van der Waals surface area contributed by atoms with Crippen LogP contribution in [0.15, 0.2) is 36.4 Å². The minimum absolute atomic E-state index is 0.704. The van der Waals surface area contributed by atoms with Crippen molar-refractivity contribution in [3.8, 4) is 6.07 Å². The van der Waals surface area contributed by atoms with Crippen molar-refractivity contribution in [1.82, 2.24) is 0 Å². The molecule has 0 spiro atoms. The second-order valence-electron chi connectivity index (χ2n) is 5.02. The zero-order chi connectivity index (χ0) is 14.0. The van der Waals surface area contributed by atoms with Gasteiger partial charge in [0.05, 0.1) is 11.6 Å². The molecule has 2 heteroatoms. The Kier molecular flexibility index (Phi) is 3.57. The topological polar surface area (TPSA) is 27.0 Å². The van der Waals surface area contributed by atoms with Gasteiger partial charge in [0.25, 0.3) is 0 Å². The number of hydrogen-bond acceptors (Lipinski definition) is 2. The van der Waals surface area contributed by atoms with Crippen molar-refractivity contribution >= 4 is 11.4 Å². The summed E-state index contributed by atoms with van der Waals surface area (Å²) in [5, 5.41) is 8.92. The maximum absolute atomic E-state index is 8.92. The van der Waals surface area contributed by atoms with Crippen molar-refractivity contribution in [3.63, 3.8) is 0 Å².